The van der Waals surface area contributed by atoms with E-state index in [2.05, 4.69) is 76.2 Å². The monoisotopic (exact) mass is 670 g/mol. The van der Waals surface area contributed by atoms with Crippen LogP contribution in [0.4, 0.5) is 0 Å². The predicted molar refractivity (Wildman–Crippen MR) is 207 cm³/mol. The molecule has 5 rings (SSSR count). The van der Waals surface area contributed by atoms with E-state index in [9.17, 15) is 0 Å². The topological polar surface area (TPSA) is 36.9 Å². The van der Waals surface area contributed by atoms with Crippen molar-refractivity contribution in [3.63, 3.8) is 0 Å². The maximum absolute atomic E-state index is 6.71. The van der Waals surface area contributed by atoms with Gasteiger partial charge in [0.25, 0.3) is 0 Å². The van der Waals surface area contributed by atoms with Gasteiger partial charge in [-0.25, -0.2) is 0 Å². The number of hydrogen-bond donors (Lipinski definition) is 0. The van der Waals surface area contributed by atoms with Crippen molar-refractivity contribution < 1.29 is 18.9 Å². The van der Waals surface area contributed by atoms with Gasteiger partial charge in [0.05, 0.1) is 0 Å². The van der Waals surface area contributed by atoms with Crippen LogP contribution in [0.15, 0.2) is 109 Å². The fourth-order valence-electron chi connectivity index (χ4n) is 5.79. The van der Waals surface area contributed by atoms with E-state index in [1.165, 1.54) is 47.9 Å². The molecule has 0 heterocycles. The van der Waals surface area contributed by atoms with Crippen LogP contribution in [-0.2, 0) is 25.7 Å². The molecule has 0 spiro atoms. The fourth-order valence-corrected chi connectivity index (χ4v) is 5.79. The summed E-state index contributed by atoms with van der Waals surface area (Å²) in [6.07, 6.45) is 13.5. The zero-order valence-electron chi connectivity index (χ0n) is 30.5. The summed E-state index contributed by atoms with van der Waals surface area (Å²) in [6, 6.07) is 37.1. The first kappa shape index (κ1) is 36.6. The molecule has 0 aliphatic rings. The van der Waals surface area contributed by atoms with Crippen LogP contribution >= 0.6 is 0 Å². The van der Waals surface area contributed by atoms with Crippen molar-refractivity contribution in [3.05, 3.63) is 131 Å². The molecule has 0 N–H and O–H groups in total. The van der Waals surface area contributed by atoms with Gasteiger partial charge in [-0.05, 0) is 134 Å². The lowest BCUT2D eigenvalue weighted by molar-refractivity contribution is 0.366. The van der Waals surface area contributed by atoms with Crippen LogP contribution in [0.2, 0.25) is 0 Å². The summed E-state index contributed by atoms with van der Waals surface area (Å²) in [7, 11) is 0. The van der Waals surface area contributed by atoms with Crippen LogP contribution in [0.3, 0.4) is 0 Å². The normalized spacial score (nSPS) is 11.0. The Labute approximate surface area is 300 Å². The van der Waals surface area contributed by atoms with Gasteiger partial charge in [0.2, 0.25) is 11.5 Å². The third-order valence-electron chi connectivity index (χ3n) is 8.90. The minimum absolute atomic E-state index is 0.452. The Balaban J connectivity index is 1.54. The molecule has 0 saturated heterocycles. The van der Waals surface area contributed by atoms with Gasteiger partial charge in [-0.15, -0.1) is 0 Å². The molecule has 0 saturated carbocycles. The van der Waals surface area contributed by atoms with E-state index in [1.807, 2.05) is 60.7 Å². The predicted octanol–water partition coefficient (Wildman–Crippen LogP) is 14.2. The minimum Gasteiger partial charge on any atom is -0.453 e. The Kier molecular flexibility index (Phi) is 14.2. The van der Waals surface area contributed by atoms with Crippen molar-refractivity contribution in [3.8, 4) is 46.0 Å². The number of benzene rings is 5. The molecule has 4 heteroatoms. The summed E-state index contributed by atoms with van der Waals surface area (Å²) in [4.78, 5) is 0. The van der Waals surface area contributed by atoms with Crippen LogP contribution in [0.1, 0.15) is 101 Å². The maximum Gasteiger partial charge on any atom is 0.216 e. The van der Waals surface area contributed by atoms with Crippen LogP contribution < -0.4 is 18.9 Å². The fraction of sp³-hybridized carbons (Fsp3) is 0.348. The second kappa shape index (κ2) is 19.5. The number of rotatable bonds is 20. The van der Waals surface area contributed by atoms with Gasteiger partial charge in [-0.1, -0.05) is 102 Å². The molecular formula is C46H54O4. The average Bonchev–Trinajstić information content (AvgIpc) is 3.15. The molecule has 0 unspecified atom stereocenters. The molecule has 5 aromatic rings. The third-order valence-corrected chi connectivity index (χ3v) is 8.90. The highest BCUT2D eigenvalue weighted by Gasteiger charge is 2.22. The maximum atomic E-state index is 6.71. The van der Waals surface area contributed by atoms with Crippen LogP contribution in [-0.4, -0.2) is 0 Å². The van der Waals surface area contributed by atoms with Crippen LogP contribution in [0.5, 0.6) is 46.0 Å². The van der Waals surface area contributed by atoms with Crippen molar-refractivity contribution in [2.75, 3.05) is 0 Å². The molecule has 0 aliphatic carbocycles. The lowest BCUT2D eigenvalue weighted by Crippen LogP contribution is -1.98. The average molecular weight is 671 g/mol. The van der Waals surface area contributed by atoms with Gasteiger partial charge in [-0.3, -0.25) is 0 Å². The standard InChI is InChI=1S/C46H54O4/c1-5-9-13-35-17-25-39(26-18-35)47-43-33-34-44(48-40-27-19-36(20-28-40)14-10-6-2)46(50-42-31-23-38(24-32-42)16-12-8-4)45(43)49-41-29-21-37(22-30-41)15-11-7-3/h17-34H,5-16H2,1-4H3. The van der Waals surface area contributed by atoms with Crippen molar-refractivity contribution in [1.29, 1.82) is 0 Å². The SMILES string of the molecule is CCCCc1ccc(Oc2ccc(Oc3ccc(CCCC)cc3)c(Oc3ccc(CCCC)cc3)c2Oc2ccc(CCCC)cc2)cc1. The second-order valence-electron chi connectivity index (χ2n) is 13.1. The summed E-state index contributed by atoms with van der Waals surface area (Å²) >= 11 is 0. The molecule has 0 fully saturated rings. The molecular weight excluding hydrogens is 617 g/mol. The molecule has 4 nitrogen and oxygen atoms in total. The van der Waals surface area contributed by atoms with Crippen molar-refractivity contribution in [2.45, 2.75) is 105 Å². The highest BCUT2D eigenvalue weighted by atomic mass is 16.6. The molecule has 262 valence electrons. The van der Waals surface area contributed by atoms with Crippen molar-refractivity contribution >= 4 is 0 Å². The first-order valence-corrected chi connectivity index (χ1v) is 18.8. The number of aryl methyl sites for hydroxylation is 4. The van der Waals surface area contributed by atoms with E-state index >= 15 is 0 Å². The molecule has 0 aliphatic heterocycles. The van der Waals surface area contributed by atoms with Gasteiger partial charge in [-0.2, -0.15) is 0 Å². The molecule has 50 heavy (non-hydrogen) atoms. The zero-order valence-corrected chi connectivity index (χ0v) is 30.5. The van der Waals surface area contributed by atoms with Crippen LogP contribution in [0, 0.1) is 0 Å². The van der Waals surface area contributed by atoms with Gasteiger partial charge in [0, 0.05) is 0 Å². The van der Waals surface area contributed by atoms with Crippen molar-refractivity contribution in [1.82, 2.24) is 0 Å². The molecule has 0 atom stereocenters. The van der Waals surface area contributed by atoms with Gasteiger partial charge in [0.15, 0.2) is 11.5 Å². The number of hydrogen-bond acceptors (Lipinski definition) is 4. The summed E-state index contributed by atoms with van der Waals surface area (Å²) in [6.45, 7) is 8.87. The molecule has 0 bridgehead atoms. The Bertz CT molecular complexity index is 1580. The Morgan fingerprint density at radius 3 is 0.780 bits per heavy atom. The lowest BCUT2D eigenvalue weighted by atomic mass is 10.1. The number of unbranched alkanes of at least 4 members (excludes halogenated alkanes) is 4. The molecule has 0 radical (unpaired) electrons. The summed E-state index contributed by atoms with van der Waals surface area (Å²) in [5.74, 6) is 4.84. The number of ether oxygens (including phenoxy) is 4. The smallest absolute Gasteiger partial charge is 0.216 e. The van der Waals surface area contributed by atoms with E-state index in [-0.39, 0.29) is 0 Å². The summed E-state index contributed by atoms with van der Waals surface area (Å²) in [5.41, 5.74) is 5.18. The van der Waals surface area contributed by atoms with E-state index < -0.39 is 0 Å². The third kappa shape index (κ3) is 10.9. The van der Waals surface area contributed by atoms with Gasteiger partial charge >= 0.3 is 0 Å². The minimum atomic E-state index is 0.452. The van der Waals surface area contributed by atoms with Crippen LogP contribution in [0.25, 0.3) is 0 Å². The van der Waals surface area contributed by atoms with E-state index in [0.717, 1.165) is 62.9 Å². The van der Waals surface area contributed by atoms with Gasteiger partial charge in [0.1, 0.15) is 23.0 Å². The largest absolute Gasteiger partial charge is 0.453 e. The molecule has 5 aromatic carbocycles. The first-order chi connectivity index (χ1) is 24.6. The quantitative estimate of drug-likeness (QED) is 0.0826. The Morgan fingerprint density at radius 1 is 0.300 bits per heavy atom. The molecule has 0 amide bonds. The first-order valence-electron chi connectivity index (χ1n) is 18.8. The Hall–Kier alpha value is -4.70. The van der Waals surface area contributed by atoms with E-state index in [1.54, 1.807) is 0 Å². The summed E-state index contributed by atoms with van der Waals surface area (Å²) < 4.78 is 26.5. The highest BCUT2D eigenvalue weighted by Crippen LogP contribution is 2.50. The molecule has 0 aromatic heterocycles. The van der Waals surface area contributed by atoms with Crippen molar-refractivity contribution in [2.24, 2.45) is 0 Å². The van der Waals surface area contributed by atoms with E-state index in [0.29, 0.717) is 34.5 Å². The van der Waals surface area contributed by atoms with E-state index in [4.69, 9.17) is 18.9 Å². The second-order valence-corrected chi connectivity index (χ2v) is 13.1. The highest BCUT2D eigenvalue weighted by molar-refractivity contribution is 5.63. The zero-order chi connectivity index (χ0) is 35.0. The van der Waals surface area contributed by atoms with Gasteiger partial charge < -0.3 is 18.9 Å². The summed E-state index contributed by atoms with van der Waals surface area (Å²) in [5, 5.41) is 0. The Morgan fingerprint density at radius 2 is 0.540 bits per heavy atom. The lowest BCUT2D eigenvalue weighted by Gasteiger charge is -2.20.